The Morgan fingerprint density at radius 2 is 2.05 bits per heavy atom. The van der Waals surface area contributed by atoms with Crippen LogP contribution in [0.5, 0.6) is 0 Å². The van der Waals surface area contributed by atoms with E-state index in [9.17, 15) is 4.79 Å². The molecular formula is C15H16N2O2. The summed E-state index contributed by atoms with van der Waals surface area (Å²) in [5.74, 6) is 0.436. The highest BCUT2D eigenvalue weighted by Crippen LogP contribution is 2.33. The van der Waals surface area contributed by atoms with Crippen molar-refractivity contribution < 1.29 is 9.21 Å². The van der Waals surface area contributed by atoms with Crippen LogP contribution in [0.15, 0.2) is 29.0 Å². The number of ketones is 1. The predicted molar refractivity (Wildman–Crippen MR) is 71.0 cm³/mol. The minimum Gasteiger partial charge on any atom is -0.443 e. The molecule has 1 aromatic carbocycles. The van der Waals surface area contributed by atoms with E-state index in [1.807, 2.05) is 18.2 Å². The van der Waals surface area contributed by atoms with Crippen molar-refractivity contribution in [3.05, 3.63) is 30.2 Å². The van der Waals surface area contributed by atoms with E-state index in [2.05, 4.69) is 10.3 Å². The number of rotatable bonds is 2. The van der Waals surface area contributed by atoms with Crippen molar-refractivity contribution in [2.45, 2.75) is 37.8 Å². The first-order valence-electron chi connectivity index (χ1n) is 6.93. The smallest absolute Gasteiger partial charge is 0.181 e. The van der Waals surface area contributed by atoms with Gasteiger partial charge in [0.2, 0.25) is 0 Å². The molecule has 0 amide bonds. The largest absolute Gasteiger partial charge is 0.443 e. The van der Waals surface area contributed by atoms with E-state index in [1.54, 1.807) is 0 Å². The average molecular weight is 256 g/mol. The fourth-order valence-corrected chi connectivity index (χ4v) is 3.52. The van der Waals surface area contributed by atoms with Crippen molar-refractivity contribution in [1.29, 1.82) is 0 Å². The molecule has 2 atom stereocenters. The maximum absolute atomic E-state index is 12.6. The summed E-state index contributed by atoms with van der Waals surface area (Å²) in [6.45, 7) is 0. The zero-order valence-corrected chi connectivity index (χ0v) is 10.6. The lowest BCUT2D eigenvalue weighted by Gasteiger charge is -2.28. The first-order valence-corrected chi connectivity index (χ1v) is 6.93. The van der Waals surface area contributed by atoms with E-state index >= 15 is 0 Å². The third kappa shape index (κ3) is 1.87. The summed E-state index contributed by atoms with van der Waals surface area (Å²) in [7, 11) is 0. The molecule has 4 nitrogen and oxygen atoms in total. The van der Waals surface area contributed by atoms with Crippen molar-refractivity contribution in [2.75, 3.05) is 0 Å². The summed E-state index contributed by atoms with van der Waals surface area (Å²) in [5, 5.41) is 3.57. The van der Waals surface area contributed by atoms with Gasteiger partial charge in [0.15, 0.2) is 17.8 Å². The molecule has 2 aliphatic heterocycles. The maximum atomic E-state index is 12.6. The van der Waals surface area contributed by atoms with Crippen LogP contribution in [0.25, 0.3) is 11.1 Å². The van der Waals surface area contributed by atoms with Gasteiger partial charge < -0.3 is 9.73 Å². The Hall–Kier alpha value is -1.68. The zero-order valence-electron chi connectivity index (χ0n) is 10.6. The van der Waals surface area contributed by atoms with E-state index in [0.717, 1.165) is 29.5 Å². The van der Waals surface area contributed by atoms with Gasteiger partial charge in [0.05, 0.1) is 0 Å². The van der Waals surface area contributed by atoms with E-state index < -0.39 is 0 Å². The van der Waals surface area contributed by atoms with Crippen molar-refractivity contribution in [2.24, 2.45) is 5.92 Å². The van der Waals surface area contributed by atoms with E-state index in [1.165, 1.54) is 19.2 Å². The third-order valence-electron chi connectivity index (χ3n) is 4.46. The maximum Gasteiger partial charge on any atom is 0.181 e. The summed E-state index contributed by atoms with van der Waals surface area (Å²) < 4.78 is 5.21. The van der Waals surface area contributed by atoms with Gasteiger partial charge >= 0.3 is 0 Å². The molecule has 2 unspecified atom stereocenters. The lowest BCUT2D eigenvalue weighted by atomic mass is 9.86. The van der Waals surface area contributed by atoms with Gasteiger partial charge in [0.1, 0.15) is 5.52 Å². The average Bonchev–Trinajstić information content (AvgIpc) is 3.03. The van der Waals surface area contributed by atoms with Gasteiger partial charge in [0, 0.05) is 23.6 Å². The normalized spacial score (nSPS) is 29.8. The van der Waals surface area contributed by atoms with Gasteiger partial charge in [-0.3, -0.25) is 4.79 Å². The van der Waals surface area contributed by atoms with Crippen LogP contribution >= 0.6 is 0 Å². The monoisotopic (exact) mass is 256 g/mol. The Balaban J connectivity index is 1.62. The Labute approximate surface area is 111 Å². The van der Waals surface area contributed by atoms with Crippen LogP contribution in [0.3, 0.4) is 0 Å². The summed E-state index contributed by atoms with van der Waals surface area (Å²) in [6.07, 6.45) is 5.82. The molecule has 2 bridgehead atoms. The van der Waals surface area contributed by atoms with Crippen molar-refractivity contribution in [1.82, 2.24) is 10.3 Å². The van der Waals surface area contributed by atoms with Gasteiger partial charge in [-0.05, 0) is 43.9 Å². The van der Waals surface area contributed by atoms with Crippen LogP contribution in [-0.4, -0.2) is 22.9 Å². The van der Waals surface area contributed by atoms with Crippen LogP contribution in [0.2, 0.25) is 0 Å². The zero-order chi connectivity index (χ0) is 12.8. The molecule has 0 aliphatic carbocycles. The number of benzene rings is 1. The van der Waals surface area contributed by atoms with Gasteiger partial charge in [-0.25, -0.2) is 4.98 Å². The molecule has 3 heterocycles. The van der Waals surface area contributed by atoms with E-state index in [0.29, 0.717) is 12.1 Å². The standard InChI is InChI=1S/C15H16N2O2/c18-15(10-5-11-2-3-12(6-10)17-11)9-1-4-14-13(7-9)16-8-19-14/h1,4,7-8,10-12,17H,2-3,5-6H2. The van der Waals surface area contributed by atoms with Gasteiger partial charge in [-0.2, -0.15) is 0 Å². The van der Waals surface area contributed by atoms with E-state index in [-0.39, 0.29) is 11.7 Å². The highest BCUT2D eigenvalue weighted by atomic mass is 16.3. The summed E-state index contributed by atoms with van der Waals surface area (Å²) >= 11 is 0. The number of hydrogen-bond acceptors (Lipinski definition) is 4. The Kier molecular flexibility index (Phi) is 2.45. The molecule has 2 aromatic rings. The highest BCUT2D eigenvalue weighted by molar-refractivity contribution is 6.00. The van der Waals surface area contributed by atoms with Crippen LogP contribution in [0.4, 0.5) is 0 Å². The molecule has 0 spiro atoms. The molecule has 1 aromatic heterocycles. The van der Waals surface area contributed by atoms with Crippen molar-refractivity contribution >= 4 is 16.9 Å². The molecule has 98 valence electrons. The van der Waals surface area contributed by atoms with Gasteiger partial charge in [-0.15, -0.1) is 0 Å². The summed E-state index contributed by atoms with van der Waals surface area (Å²) in [5.41, 5.74) is 2.28. The predicted octanol–water partition coefficient (Wildman–Crippen LogP) is 2.54. The number of hydrogen-bond donors (Lipinski definition) is 1. The quantitative estimate of drug-likeness (QED) is 0.839. The van der Waals surface area contributed by atoms with E-state index in [4.69, 9.17) is 4.42 Å². The number of nitrogens with zero attached hydrogens (tertiary/aromatic N) is 1. The Morgan fingerprint density at radius 1 is 1.26 bits per heavy atom. The highest BCUT2D eigenvalue weighted by Gasteiger charge is 2.36. The van der Waals surface area contributed by atoms with Crippen LogP contribution in [0.1, 0.15) is 36.0 Å². The molecule has 0 saturated carbocycles. The number of carbonyl (C=O) groups is 1. The number of fused-ring (bicyclic) bond motifs is 3. The summed E-state index contributed by atoms with van der Waals surface area (Å²) in [6, 6.07) is 6.64. The molecule has 2 aliphatic rings. The molecule has 2 fully saturated rings. The minimum absolute atomic E-state index is 0.170. The Bertz CT molecular complexity index is 622. The molecule has 1 N–H and O–H groups in total. The fraction of sp³-hybridized carbons (Fsp3) is 0.467. The number of aromatic nitrogens is 1. The first kappa shape index (κ1) is 11.2. The topological polar surface area (TPSA) is 55.1 Å². The lowest BCUT2D eigenvalue weighted by molar-refractivity contribution is 0.0876. The second-order valence-electron chi connectivity index (χ2n) is 5.71. The number of oxazole rings is 1. The molecule has 4 rings (SSSR count). The second kappa shape index (κ2) is 4.17. The fourth-order valence-electron chi connectivity index (χ4n) is 3.52. The number of piperidine rings is 1. The summed E-state index contributed by atoms with van der Waals surface area (Å²) in [4.78, 5) is 16.7. The Morgan fingerprint density at radius 3 is 2.84 bits per heavy atom. The number of nitrogens with one attached hydrogen (secondary N) is 1. The number of Topliss-reactive ketones (excluding diaryl/α,β-unsaturated/α-hetero) is 1. The molecule has 4 heteroatoms. The van der Waals surface area contributed by atoms with Crippen molar-refractivity contribution in [3.8, 4) is 0 Å². The van der Waals surface area contributed by atoms with Crippen LogP contribution in [0, 0.1) is 5.92 Å². The molecular weight excluding hydrogens is 240 g/mol. The third-order valence-corrected chi connectivity index (χ3v) is 4.46. The molecule has 2 saturated heterocycles. The number of carbonyl (C=O) groups excluding carboxylic acids is 1. The molecule has 19 heavy (non-hydrogen) atoms. The van der Waals surface area contributed by atoms with Crippen molar-refractivity contribution in [3.63, 3.8) is 0 Å². The van der Waals surface area contributed by atoms with Gasteiger partial charge in [-0.1, -0.05) is 0 Å². The van der Waals surface area contributed by atoms with Gasteiger partial charge in [0.25, 0.3) is 0 Å². The SMILES string of the molecule is O=C(c1ccc2ocnc2c1)C1CC2CCC(C1)N2. The van der Waals surface area contributed by atoms with Crippen LogP contribution < -0.4 is 5.32 Å². The second-order valence-corrected chi connectivity index (χ2v) is 5.71. The first-order chi connectivity index (χ1) is 9.29. The minimum atomic E-state index is 0.170. The lowest BCUT2D eigenvalue weighted by Crippen LogP contribution is -2.40. The van der Waals surface area contributed by atoms with Crippen LogP contribution in [-0.2, 0) is 0 Å². The molecule has 0 radical (unpaired) electrons.